The standard InChI is InChI=1S/C14H22O3/c1-2-3-4-5-6-7-8-9-10-13(15)11-12-14(16)17/h4-5,7-10,13,15H,2-3,6,11-12H2,1H3,(H,16,17). The smallest absolute Gasteiger partial charge is 0.303 e. The number of unbranched alkanes of at least 4 members (excludes halogenated alkanes) is 1. The van der Waals surface area contributed by atoms with Crippen LogP contribution >= 0.6 is 0 Å². The number of carboxylic acid groups (broad SMARTS) is 1. The molecule has 0 fully saturated rings. The molecule has 3 heteroatoms. The summed E-state index contributed by atoms with van der Waals surface area (Å²) in [5.74, 6) is -0.881. The average Bonchev–Trinajstić information content (AvgIpc) is 2.30. The van der Waals surface area contributed by atoms with Crippen LogP contribution in [0, 0.1) is 0 Å². The monoisotopic (exact) mass is 238 g/mol. The lowest BCUT2D eigenvalue weighted by Gasteiger charge is -2.00. The second kappa shape index (κ2) is 11.1. The van der Waals surface area contributed by atoms with E-state index in [1.165, 1.54) is 0 Å². The van der Waals surface area contributed by atoms with E-state index in [9.17, 15) is 9.90 Å². The van der Waals surface area contributed by atoms with Crippen LogP contribution in [0.5, 0.6) is 0 Å². The van der Waals surface area contributed by atoms with Crippen LogP contribution in [0.1, 0.15) is 39.0 Å². The van der Waals surface area contributed by atoms with E-state index in [0.717, 1.165) is 19.3 Å². The van der Waals surface area contributed by atoms with Crippen LogP contribution in [0.4, 0.5) is 0 Å². The number of carboxylic acids is 1. The maximum absolute atomic E-state index is 10.2. The molecular weight excluding hydrogens is 216 g/mol. The lowest BCUT2D eigenvalue weighted by molar-refractivity contribution is -0.137. The highest BCUT2D eigenvalue weighted by Gasteiger charge is 2.02. The Morgan fingerprint density at radius 3 is 2.65 bits per heavy atom. The summed E-state index contributed by atoms with van der Waals surface area (Å²) in [6, 6.07) is 0. The Hall–Kier alpha value is -1.35. The van der Waals surface area contributed by atoms with Crippen molar-refractivity contribution in [2.45, 2.75) is 45.1 Å². The minimum absolute atomic E-state index is 0.00498. The molecule has 96 valence electrons. The van der Waals surface area contributed by atoms with Gasteiger partial charge < -0.3 is 10.2 Å². The van der Waals surface area contributed by atoms with Crippen LogP contribution in [0.25, 0.3) is 0 Å². The largest absolute Gasteiger partial charge is 0.481 e. The fourth-order valence-electron chi connectivity index (χ4n) is 1.18. The van der Waals surface area contributed by atoms with Gasteiger partial charge in [0.05, 0.1) is 6.10 Å². The number of aliphatic hydroxyl groups is 1. The molecule has 0 heterocycles. The summed E-state index contributed by atoms with van der Waals surface area (Å²) in [5.41, 5.74) is 0. The SMILES string of the molecule is CCCC=CCC=CC=CC(O)CCC(=O)O. The summed E-state index contributed by atoms with van der Waals surface area (Å²) in [6.45, 7) is 2.14. The van der Waals surface area contributed by atoms with E-state index < -0.39 is 12.1 Å². The minimum Gasteiger partial charge on any atom is -0.481 e. The lowest BCUT2D eigenvalue weighted by Crippen LogP contribution is -2.05. The Kier molecular flexibility index (Phi) is 10.3. The zero-order valence-corrected chi connectivity index (χ0v) is 10.4. The number of carbonyl (C=O) groups is 1. The van der Waals surface area contributed by atoms with Gasteiger partial charge in [0.2, 0.25) is 0 Å². The first-order valence-corrected chi connectivity index (χ1v) is 6.05. The van der Waals surface area contributed by atoms with Gasteiger partial charge in [-0.05, 0) is 19.3 Å². The molecule has 0 spiro atoms. The Morgan fingerprint density at radius 2 is 2.00 bits per heavy atom. The summed E-state index contributed by atoms with van der Waals surface area (Å²) in [6.07, 6.45) is 14.2. The van der Waals surface area contributed by atoms with E-state index in [1.54, 1.807) is 12.2 Å². The highest BCUT2D eigenvalue weighted by atomic mass is 16.4. The van der Waals surface area contributed by atoms with E-state index in [2.05, 4.69) is 19.1 Å². The Balaban J connectivity index is 3.63. The maximum atomic E-state index is 10.2. The second-order valence-electron chi connectivity index (χ2n) is 3.81. The molecule has 1 atom stereocenters. The summed E-state index contributed by atoms with van der Waals surface area (Å²) < 4.78 is 0. The first kappa shape index (κ1) is 15.7. The molecule has 0 aromatic rings. The van der Waals surface area contributed by atoms with Crippen molar-refractivity contribution >= 4 is 5.97 Å². The van der Waals surface area contributed by atoms with Gasteiger partial charge in [-0.15, -0.1) is 0 Å². The topological polar surface area (TPSA) is 57.5 Å². The van der Waals surface area contributed by atoms with Crippen molar-refractivity contribution in [3.8, 4) is 0 Å². The van der Waals surface area contributed by atoms with Crippen LogP contribution in [-0.4, -0.2) is 22.3 Å². The van der Waals surface area contributed by atoms with Crippen LogP contribution in [0.2, 0.25) is 0 Å². The third-order valence-electron chi connectivity index (χ3n) is 2.13. The van der Waals surface area contributed by atoms with Gasteiger partial charge in [0.25, 0.3) is 0 Å². The normalized spacial score (nSPS) is 14.0. The Labute approximate surface area is 103 Å². The van der Waals surface area contributed by atoms with E-state index in [4.69, 9.17) is 5.11 Å². The molecule has 0 amide bonds. The molecule has 0 saturated heterocycles. The molecule has 0 aliphatic heterocycles. The molecule has 0 saturated carbocycles. The number of aliphatic hydroxyl groups excluding tert-OH is 1. The summed E-state index contributed by atoms with van der Waals surface area (Å²) in [5, 5.41) is 17.8. The minimum atomic E-state index is -0.881. The zero-order valence-electron chi connectivity index (χ0n) is 10.4. The zero-order chi connectivity index (χ0) is 12.9. The van der Waals surface area contributed by atoms with Crippen LogP contribution in [-0.2, 0) is 4.79 Å². The molecule has 3 nitrogen and oxygen atoms in total. The summed E-state index contributed by atoms with van der Waals surface area (Å²) in [7, 11) is 0. The quantitative estimate of drug-likeness (QED) is 0.479. The van der Waals surface area contributed by atoms with Gasteiger partial charge in [0, 0.05) is 6.42 Å². The van der Waals surface area contributed by atoms with Crippen molar-refractivity contribution in [3.63, 3.8) is 0 Å². The third-order valence-corrected chi connectivity index (χ3v) is 2.13. The Morgan fingerprint density at radius 1 is 1.24 bits per heavy atom. The molecule has 0 aliphatic rings. The maximum Gasteiger partial charge on any atom is 0.303 e. The van der Waals surface area contributed by atoms with Gasteiger partial charge in [0.15, 0.2) is 0 Å². The molecule has 0 aromatic heterocycles. The fourth-order valence-corrected chi connectivity index (χ4v) is 1.18. The third kappa shape index (κ3) is 12.6. The van der Waals surface area contributed by atoms with Crippen LogP contribution in [0.15, 0.2) is 36.5 Å². The highest BCUT2D eigenvalue weighted by molar-refractivity contribution is 5.66. The molecule has 2 N–H and O–H groups in total. The lowest BCUT2D eigenvalue weighted by atomic mass is 10.2. The number of allylic oxidation sites excluding steroid dienone is 5. The number of hydrogen-bond acceptors (Lipinski definition) is 2. The number of hydrogen-bond donors (Lipinski definition) is 2. The van der Waals surface area contributed by atoms with E-state index in [0.29, 0.717) is 0 Å². The van der Waals surface area contributed by atoms with Gasteiger partial charge in [-0.3, -0.25) is 4.79 Å². The number of aliphatic carboxylic acids is 1. The predicted octanol–water partition coefficient (Wildman–Crippen LogP) is 3.07. The summed E-state index contributed by atoms with van der Waals surface area (Å²) >= 11 is 0. The molecule has 0 radical (unpaired) electrons. The van der Waals surface area contributed by atoms with E-state index in [-0.39, 0.29) is 12.8 Å². The molecule has 0 aromatic carbocycles. The first-order valence-electron chi connectivity index (χ1n) is 6.05. The van der Waals surface area contributed by atoms with Gasteiger partial charge in [-0.2, -0.15) is 0 Å². The van der Waals surface area contributed by atoms with Crippen molar-refractivity contribution in [1.29, 1.82) is 0 Å². The molecule has 0 rings (SSSR count). The average molecular weight is 238 g/mol. The van der Waals surface area contributed by atoms with Gasteiger partial charge in [-0.25, -0.2) is 0 Å². The van der Waals surface area contributed by atoms with Crippen molar-refractivity contribution in [3.05, 3.63) is 36.5 Å². The van der Waals surface area contributed by atoms with Gasteiger partial charge >= 0.3 is 5.97 Å². The fraction of sp³-hybridized carbons (Fsp3) is 0.500. The Bertz CT molecular complexity index is 277. The van der Waals surface area contributed by atoms with Crippen molar-refractivity contribution in [1.82, 2.24) is 0 Å². The second-order valence-corrected chi connectivity index (χ2v) is 3.81. The highest BCUT2D eigenvalue weighted by Crippen LogP contribution is 1.99. The number of rotatable bonds is 9. The van der Waals surface area contributed by atoms with Crippen LogP contribution in [0.3, 0.4) is 0 Å². The molecule has 1 unspecified atom stereocenters. The van der Waals surface area contributed by atoms with Gasteiger partial charge in [0.1, 0.15) is 0 Å². The van der Waals surface area contributed by atoms with Crippen molar-refractivity contribution < 1.29 is 15.0 Å². The van der Waals surface area contributed by atoms with Crippen LogP contribution < -0.4 is 0 Å². The van der Waals surface area contributed by atoms with Crippen molar-refractivity contribution in [2.75, 3.05) is 0 Å². The van der Waals surface area contributed by atoms with Gasteiger partial charge in [-0.1, -0.05) is 49.8 Å². The molecular formula is C14H22O3. The van der Waals surface area contributed by atoms with E-state index >= 15 is 0 Å². The predicted molar refractivity (Wildman–Crippen MR) is 69.8 cm³/mol. The molecule has 0 bridgehead atoms. The van der Waals surface area contributed by atoms with E-state index in [1.807, 2.05) is 12.2 Å². The summed E-state index contributed by atoms with van der Waals surface area (Å²) in [4.78, 5) is 10.2. The van der Waals surface area contributed by atoms with Crippen molar-refractivity contribution in [2.24, 2.45) is 0 Å². The first-order chi connectivity index (χ1) is 8.16. The molecule has 17 heavy (non-hydrogen) atoms. The molecule has 0 aliphatic carbocycles.